The summed E-state index contributed by atoms with van der Waals surface area (Å²) in [5.74, 6) is 4.41. The molecule has 0 fully saturated rings. The largest absolute Gasteiger partial charge is 0.497 e. The zero-order valence-corrected chi connectivity index (χ0v) is 20.4. The van der Waals surface area contributed by atoms with Gasteiger partial charge in [0.1, 0.15) is 40.2 Å². The van der Waals surface area contributed by atoms with Gasteiger partial charge in [0, 0.05) is 6.07 Å². The van der Waals surface area contributed by atoms with Crippen LogP contribution in [0.2, 0.25) is 0 Å². The molecule has 4 rings (SSSR count). The third kappa shape index (κ3) is 4.44. The van der Waals surface area contributed by atoms with Gasteiger partial charge in [0.2, 0.25) is 0 Å². The van der Waals surface area contributed by atoms with Crippen molar-refractivity contribution in [3.8, 4) is 34.1 Å². The first kappa shape index (κ1) is 23.2. The number of furan rings is 1. The van der Waals surface area contributed by atoms with Gasteiger partial charge < -0.3 is 23.4 Å². The molecule has 0 aliphatic carbocycles. The molecule has 1 aromatic heterocycles. The number of rotatable bonds is 7. The van der Waals surface area contributed by atoms with Crippen LogP contribution in [0.15, 0.2) is 64.0 Å². The van der Waals surface area contributed by atoms with Crippen molar-refractivity contribution in [2.75, 3.05) is 27.9 Å². The van der Waals surface area contributed by atoms with Crippen molar-refractivity contribution >= 4 is 16.5 Å². The predicted molar refractivity (Wildman–Crippen MR) is 134 cm³/mol. The minimum Gasteiger partial charge on any atom is -0.497 e. The van der Waals surface area contributed by atoms with Gasteiger partial charge in [-0.25, -0.2) is 4.99 Å². The molecule has 6 heteroatoms. The van der Waals surface area contributed by atoms with E-state index in [0.29, 0.717) is 23.8 Å². The lowest BCUT2D eigenvalue weighted by atomic mass is 10.1. The van der Waals surface area contributed by atoms with Crippen molar-refractivity contribution in [2.24, 2.45) is 4.99 Å². The van der Waals surface area contributed by atoms with Gasteiger partial charge >= 0.3 is 0 Å². The smallest absolute Gasteiger partial charge is 0.148 e. The van der Waals surface area contributed by atoms with Gasteiger partial charge in [-0.3, -0.25) is 0 Å². The van der Waals surface area contributed by atoms with E-state index in [1.54, 1.807) is 21.3 Å². The molecule has 0 spiro atoms. The van der Waals surface area contributed by atoms with Crippen molar-refractivity contribution in [3.05, 3.63) is 71.5 Å². The summed E-state index contributed by atoms with van der Waals surface area (Å²) in [6.07, 6.45) is 0. The molecule has 0 unspecified atom stereocenters. The van der Waals surface area contributed by atoms with Crippen molar-refractivity contribution in [1.29, 1.82) is 0 Å². The van der Waals surface area contributed by atoms with Crippen molar-refractivity contribution in [2.45, 2.75) is 20.8 Å². The Morgan fingerprint density at radius 3 is 2.03 bits per heavy atom. The molecule has 0 aliphatic rings. The molecule has 0 saturated carbocycles. The average molecular weight is 460 g/mol. The maximum absolute atomic E-state index is 6.00. The third-order valence-electron chi connectivity index (χ3n) is 5.69. The lowest BCUT2D eigenvalue weighted by Gasteiger charge is -2.07. The average Bonchev–Trinajstić information content (AvgIpc) is 3.04. The second kappa shape index (κ2) is 9.91. The molecular formula is C28H29NO5. The number of hydrogen-bond acceptors (Lipinski definition) is 6. The molecule has 0 amide bonds. The van der Waals surface area contributed by atoms with E-state index in [-0.39, 0.29) is 0 Å². The normalized spacial score (nSPS) is 11.5. The van der Waals surface area contributed by atoms with E-state index in [2.05, 4.69) is 0 Å². The van der Waals surface area contributed by atoms with E-state index in [1.165, 1.54) is 0 Å². The van der Waals surface area contributed by atoms with Crippen molar-refractivity contribution in [1.82, 2.24) is 0 Å². The molecule has 0 saturated heterocycles. The second-order valence-electron chi connectivity index (χ2n) is 7.77. The molecule has 6 nitrogen and oxygen atoms in total. The second-order valence-corrected chi connectivity index (χ2v) is 7.77. The Morgan fingerprint density at radius 1 is 0.706 bits per heavy atom. The van der Waals surface area contributed by atoms with Crippen LogP contribution in [0.3, 0.4) is 0 Å². The van der Waals surface area contributed by atoms with Crippen LogP contribution in [-0.2, 0) is 0 Å². The summed E-state index contributed by atoms with van der Waals surface area (Å²) in [6.45, 7) is 6.47. The minimum absolute atomic E-state index is 0.617. The van der Waals surface area contributed by atoms with E-state index < -0.39 is 0 Å². The SMILES string of the molecule is CCOc1ccc(-c2cc(OC)c3c(C)oc(C)c3c(=Nc3ccc(OC)cc3OC)c2)cc1. The molecule has 3 aromatic carbocycles. The van der Waals surface area contributed by atoms with Gasteiger partial charge in [0.25, 0.3) is 0 Å². The number of fused-ring (bicyclic) bond motifs is 1. The number of nitrogens with zero attached hydrogens (tertiary/aromatic N) is 1. The highest BCUT2D eigenvalue weighted by molar-refractivity contribution is 5.93. The summed E-state index contributed by atoms with van der Waals surface area (Å²) in [5.41, 5.74) is 2.66. The van der Waals surface area contributed by atoms with Gasteiger partial charge in [0.05, 0.1) is 44.1 Å². The summed E-state index contributed by atoms with van der Waals surface area (Å²) < 4.78 is 28.4. The highest BCUT2D eigenvalue weighted by Crippen LogP contribution is 2.35. The Bertz CT molecular complexity index is 1390. The van der Waals surface area contributed by atoms with Crippen LogP contribution in [0.25, 0.3) is 21.9 Å². The van der Waals surface area contributed by atoms with Crippen LogP contribution < -0.4 is 24.3 Å². The number of aryl methyl sites for hydroxylation is 2. The van der Waals surface area contributed by atoms with Crippen LogP contribution in [0.4, 0.5) is 5.69 Å². The predicted octanol–water partition coefficient (Wildman–Crippen LogP) is 6.37. The molecular weight excluding hydrogens is 430 g/mol. The van der Waals surface area contributed by atoms with E-state index >= 15 is 0 Å². The number of methoxy groups -OCH3 is 3. The summed E-state index contributed by atoms with van der Waals surface area (Å²) in [4.78, 5) is 5.02. The fraction of sp³-hybridized carbons (Fsp3) is 0.250. The molecule has 0 N–H and O–H groups in total. The Morgan fingerprint density at radius 2 is 1.38 bits per heavy atom. The molecule has 176 valence electrons. The van der Waals surface area contributed by atoms with Crippen molar-refractivity contribution < 1.29 is 23.4 Å². The van der Waals surface area contributed by atoms with E-state index in [1.807, 2.05) is 75.4 Å². The van der Waals surface area contributed by atoms with Crippen LogP contribution in [-0.4, -0.2) is 27.9 Å². The van der Waals surface area contributed by atoms with Crippen LogP contribution >= 0.6 is 0 Å². The lowest BCUT2D eigenvalue weighted by molar-refractivity contribution is 0.340. The Labute approximate surface area is 199 Å². The number of hydrogen-bond donors (Lipinski definition) is 0. The molecule has 34 heavy (non-hydrogen) atoms. The third-order valence-corrected chi connectivity index (χ3v) is 5.69. The molecule has 1 heterocycles. The topological polar surface area (TPSA) is 62.4 Å². The Hall–Kier alpha value is -3.93. The standard InChI is InChI=1S/C28H29NO5/c1-7-33-21-10-8-19(9-11-21)20-14-24(29-23-13-12-22(30-4)16-25(23)31-5)27-17(2)34-18(3)28(27)26(15-20)32-6/h8-16H,7H2,1-6H3. The highest BCUT2D eigenvalue weighted by atomic mass is 16.5. The number of ether oxygens (including phenoxy) is 4. The summed E-state index contributed by atoms with van der Waals surface area (Å²) in [6, 6.07) is 17.6. The molecule has 4 aromatic rings. The van der Waals surface area contributed by atoms with E-state index in [0.717, 1.165) is 50.3 Å². The zero-order valence-electron chi connectivity index (χ0n) is 20.4. The maximum Gasteiger partial charge on any atom is 0.148 e. The van der Waals surface area contributed by atoms with Gasteiger partial charge in [-0.2, -0.15) is 0 Å². The fourth-order valence-electron chi connectivity index (χ4n) is 4.10. The number of benzene rings is 2. The summed E-state index contributed by atoms with van der Waals surface area (Å²) in [5, 5.41) is 2.54. The van der Waals surface area contributed by atoms with Gasteiger partial charge in [-0.05, 0) is 68.3 Å². The quantitative estimate of drug-likeness (QED) is 0.321. The van der Waals surface area contributed by atoms with E-state index in [4.69, 9.17) is 28.4 Å². The summed E-state index contributed by atoms with van der Waals surface area (Å²) >= 11 is 0. The highest BCUT2D eigenvalue weighted by Gasteiger charge is 2.16. The molecule has 0 radical (unpaired) electrons. The molecule has 0 aliphatic heterocycles. The van der Waals surface area contributed by atoms with Gasteiger partial charge in [0.15, 0.2) is 0 Å². The Kier molecular flexibility index (Phi) is 6.77. The first-order valence-corrected chi connectivity index (χ1v) is 11.1. The molecule has 0 atom stereocenters. The molecule has 0 bridgehead atoms. The van der Waals surface area contributed by atoms with Crippen LogP contribution in [0.1, 0.15) is 18.4 Å². The van der Waals surface area contributed by atoms with Crippen molar-refractivity contribution in [3.63, 3.8) is 0 Å². The van der Waals surface area contributed by atoms with Crippen LogP contribution in [0.5, 0.6) is 23.0 Å². The maximum atomic E-state index is 6.00. The minimum atomic E-state index is 0.617. The first-order valence-electron chi connectivity index (χ1n) is 11.1. The van der Waals surface area contributed by atoms with Gasteiger partial charge in [-0.1, -0.05) is 12.1 Å². The van der Waals surface area contributed by atoms with Crippen LogP contribution in [0, 0.1) is 13.8 Å². The monoisotopic (exact) mass is 459 g/mol. The fourth-order valence-corrected chi connectivity index (χ4v) is 4.10. The van der Waals surface area contributed by atoms with E-state index in [9.17, 15) is 0 Å². The zero-order chi connectivity index (χ0) is 24.2. The summed E-state index contributed by atoms with van der Waals surface area (Å²) in [7, 11) is 4.91. The lowest BCUT2D eigenvalue weighted by Crippen LogP contribution is -2.01. The Balaban J connectivity index is 2.05. The first-order chi connectivity index (χ1) is 16.5. The van der Waals surface area contributed by atoms with Gasteiger partial charge in [-0.15, -0.1) is 0 Å².